The van der Waals surface area contributed by atoms with Crippen LogP contribution >= 0.6 is 11.6 Å². The van der Waals surface area contributed by atoms with Crippen LogP contribution in [-0.4, -0.2) is 29.2 Å². The van der Waals surface area contributed by atoms with Crippen molar-refractivity contribution in [3.63, 3.8) is 0 Å². The molecular weight excluding hydrogens is 214 g/mol. The van der Waals surface area contributed by atoms with Crippen LogP contribution < -0.4 is 5.32 Å². The van der Waals surface area contributed by atoms with Crippen LogP contribution in [0.4, 0.5) is 5.82 Å². The third kappa shape index (κ3) is 4.01. The van der Waals surface area contributed by atoms with E-state index < -0.39 is 0 Å². The Balaban J connectivity index is 2.80. The molecular formula is C10H16ClN3O. The van der Waals surface area contributed by atoms with Gasteiger partial charge in [0.25, 0.3) is 0 Å². The van der Waals surface area contributed by atoms with E-state index in [9.17, 15) is 0 Å². The molecule has 1 aromatic heterocycles. The number of aryl methyl sites for hydroxylation is 1. The number of hydrogen-bond acceptors (Lipinski definition) is 4. The van der Waals surface area contributed by atoms with Gasteiger partial charge in [0.1, 0.15) is 5.82 Å². The normalized spacial score (nSPS) is 11.5. The summed E-state index contributed by atoms with van der Waals surface area (Å²) in [6.07, 6.45) is 0. The SMILES string of the molecule is COCC(C)(C)Nc1cc(C)nc(Cl)n1. The first kappa shape index (κ1) is 12.2. The molecule has 4 nitrogen and oxygen atoms in total. The summed E-state index contributed by atoms with van der Waals surface area (Å²) in [6.45, 7) is 6.53. The summed E-state index contributed by atoms with van der Waals surface area (Å²) in [5.41, 5.74) is 0.657. The lowest BCUT2D eigenvalue weighted by Gasteiger charge is -2.25. The summed E-state index contributed by atoms with van der Waals surface area (Å²) in [6, 6.07) is 1.85. The summed E-state index contributed by atoms with van der Waals surface area (Å²) in [5.74, 6) is 0.717. The zero-order valence-electron chi connectivity index (χ0n) is 9.47. The van der Waals surface area contributed by atoms with Gasteiger partial charge in [0.05, 0.1) is 12.1 Å². The summed E-state index contributed by atoms with van der Waals surface area (Å²) >= 11 is 5.76. The molecule has 0 unspecified atom stereocenters. The molecule has 0 aliphatic rings. The van der Waals surface area contributed by atoms with Crippen LogP contribution in [0.25, 0.3) is 0 Å². The van der Waals surface area contributed by atoms with Crippen LogP contribution in [0.1, 0.15) is 19.5 Å². The monoisotopic (exact) mass is 229 g/mol. The number of nitrogens with one attached hydrogen (secondary N) is 1. The fraction of sp³-hybridized carbons (Fsp3) is 0.600. The van der Waals surface area contributed by atoms with Crippen molar-refractivity contribution >= 4 is 17.4 Å². The number of nitrogens with zero attached hydrogens (tertiary/aromatic N) is 2. The lowest BCUT2D eigenvalue weighted by Crippen LogP contribution is -2.36. The van der Waals surface area contributed by atoms with Gasteiger partial charge in [-0.2, -0.15) is 0 Å². The molecule has 0 fully saturated rings. The van der Waals surface area contributed by atoms with E-state index in [1.807, 2.05) is 26.8 Å². The average molecular weight is 230 g/mol. The van der Waals surface area contributed by atoms with Crippen LogP contribution in [0.2, 0.25) is 5.28 Å². The summed E-state index contributed by atoms with van der Waals surface area (Å²) in [5, 5.41) is 3.50. The first-order valence-electron chi connectivity index (χ1n) is 4.71. The maximum absolute atomic E-state index is 5.76. The molecule has 84 valence electrons. The second-order valence-corrected chi connectivity index (χ2v) is 4.44. The van der Waals surface area contributed by atoms with Crippen molar-refractivity contribution in [2.45, 2.75) is 26.3 Å². The Labute approximate surface area is 95.0 Å². The number of ether oxygens (including phenoxy) is 1. The Morgan fingerprint density at radius 3 is 2.67 bits per heavy atom. The molecule has 0 bridgehead atoms. The molecule has 0 atom stereocenters. The Bertz CT molecular complexity index is 321. The van der Waals surface area contributed by atoms with Gasteiger partial charge in [-0.25, -0.2) is 9.97 Å². The maximum atomic E-state index is 5.76. The van der Waals surface area contributed by atoms with Crippen molar-refractivity contribution in [2.75, 3.05) is 19.0 Å². The van der Waals surface area contributed by atoms with Gasteiger partial charge in [-0.05, 0) is 32.4 Å². The third-order valence-corrected chi connectivity index (χ3v) is 1.97. The largest absolute Gasteiger partial charge is 0.382 e. The van der Waals surface area contributed by atoms with Crippen molar-refractivity contribution in [1.29, 1.82) is 0 Å². The van der Waals surface area contributed by atoms with Gasteiger partial charge in [-0.1, -0.05) is 0 Å². The van der Waals surface area contributed by atoms with E-state index in [1.165, 1.54) is 0 Å². The van der Waals surface area contributed by atoms with Gasteiger partial charge in [0.15, 0.2) is 0 Å². The second kappa shape index (κ2) is 4.77. The predicted octanol–water partition coefficient (Wildman–Crippen LogP) is 2.28. The van der Waals surface area contributed by atoms with E-state index in [4.69, 9.17) is 16.3 Å². The predicted molar refractivity (Wildman–Crippen MR) is 61.4 cm³/mol. The molecule has 15 heavy (non-hydrogen) atoms. The third-order valence-electron chi connectivity index (χ3n) is 1.80. The van der Waals surface area contributed by atoms with Crippen LogP contribution in [0, 0.1) is 6.92 Å². The van der Waals surface area contributed by atoms with Crippen molar-refractivity contribution in [3.8, 4) is 0 Å². The highest BCUT2D eigenvalue weighted by Crippen LogP contribution is 2.15. The van der Waals surface area contributed by atoms with E-state index in [2.05, 4.69) is 15.3 Å². The minimum Gasteiger partial charge on any atom is -0.382 e. The quantitative estimate of drug-likeness (QED) is 0.805. The van der Waals surface area contributed by atoms with Crippen molar-refractivity contribution < 1.29 is 4.74 Å². The fourth-order valence-corrected chi connectivity index (χ4v) is 1.56. The van der Waals surface area contributed by atoms with E-state index >= 15 is 0 Å². The Hall–Kier alpha value is -0.870. The molecule has 0 aromatic carbocycles. The molecule has 0 radical (unpaired) electrons. The Morgan fingerprint density at radius 1 is 1.47 bits per heavy atom. The number of aromatic nitrogens is 2. The lowest BCUT2D eigenvalue weighted by molar-refractivity contribution is 0.158. The topological polar surface area (TPSA) is 47.0 Å². The van der Waals surface area contributed by atoms with E-state index in [0.29, 0.717) is 6.61 Å². The summed E-state index contributed by atoms with van der Waals surface area (Å²) in [4.78, 5) is 8.08. The molecule has 1 rings (SSSR count). The highest BCUT2D eigenvalue weighted by atomic mass is 35.5. The molecule has 0 amide bonds. The number of methoxy groups -OCH3 is 1. The summed E-state index contributed by atoms with van der Waals surface area (Å²) < 4.78 is 5.10. The lowest BCUT2D eigenvalue weighted by atomic mass is 10.1. The van der Waals surface area contributed by atoms with Gasteiger partial charge < -0.3 is 10.1 Å². The van der Waals surface area contributed by atoms with Crippen LogP contribution in [0.5, 0.6) is 0 Å². The van der Waals surface area contributed by atoms with Crippen molar-refractivity contribution in [2.24, 2.45) is 0 Å². The molecule has 0 aliphatic heterocycles. The highest BCUT2D eigenvalue weighted by molar-refractivity contribution is 6.28. The standard InChI is InChI=1S/C10H16ClN3O/c1-7-5-8(13-9(11)12-7)14-10(2,3)6-15-4/h5H,6H2,1-4H3,(H,12,13,14). The second-order valence-electron chi connectivity index (χ2n) is 4.11. The molecule has 0 saturated heterocycles. The molecule has 0 spiro atoms. The molecule has 1 N–H and O–H groups in total. The van der Waals surface area contributed by atoms with Crippen LogP contribution in [0.3, 0.4) is 0 Å². The fourth-order valence-electron chi connectivity index (χ4n) is 1.34. The first-order valence-corrected chi connectivity index (χ1v) is 5.09. The zero-order valence-corrected chi connectivity index (χ0v) is 10.2. The summed E-state index contributed by atoms with van der Waals surface area (Å²) in [7, 11) is 1.67. The van der Waals surface area contributed by atoms with Gasteiger partial charge in [0.2, 0.25) is 5.28 Å². The Morgan fingerprint density at radius 2 is 2.13 bits per heavy atom. The van der Waals surface area contributed by atoms with E-state index in [1.54, 1.807) is 7.11 Å². The zero-order chi connectivity index (χ0) is 11.5. The smallest absolute Gasteiger partial charge is 0.224 e. The number of halogens is 1. The van der Waals surface area contributed by atoms with Crippen molar-refractivity contribution in [3.05, 3.63) is 17.0 Å². The highest BCUT2D eigenvalue weighted by Gasteiger charge is 2.17. The first-order chi connectivity index (χ1) is 6.93. The van der Waals surface area contributed by atoms with Crippen molar-refractivity contribution in [1.82, 2.24) is 9.97 Å². The van der Waals surface area contributed by atoms with Crippen LogP contribution in [0.15, 0.2) is 6.07 Å². The molecule has 0 aliphatic carbocycles. The van der Waals surface area contributed by atoms with Gasteiger partial charge >= 0.3 is 0 Å². The maximum Gasteiger partial charge on any atom is 0.224 e. The number of hydrogen-bond donors (Lipinski definition) is 1. The Kier molecular flexibility index (Phi) is 3.88. The minimum absolute atomic E-state index is 0.182. The molecule has 0 saturated carbocycles. The minimum atomic E-state index is -0.182. The van der Waals surface area contributed by atoms with Crippen LogP contribution in [-0.2, 0) is 4.74 Å². The average Bonchev–Trinajstić information content (AvgIpc) is 1.99. The molecule has 1 heterocycles. The number of anilines is 1. The van der Waals surface area contributed by atoms with Gasteiger partial charge in [-0.3, -0.25) is 0 Å². The van der Waals surface area contributed by atoms with E-state index in [0.717, 1.165) is 11.5 Å². The number of rotatable bonds is 4. The molecule has 5 heteroatoms. The molecule has 1 aromatic rings. The van der Waals surface area contributed by atoms with Gasteiger partial charge in [-0.15, -0.1) is 0 Å². The van der Waals surface area contributed by atoms with E-state index in [-0.39, 0.29) is 10.8 Å². The van der Waals surface area contributed by atoms with Gasteiger partial charge in [0, 0.05) is 18.9 Å².